The minimum absolute atomic E-state index is 0.373. The molecule has 1 aliphatic carbocycles. The standard InChI is InChI=1S/C16H26N2O/c1-12(2)18-10-14-8-9-17-11-16(14)19-15-6-4-13(3)5-7-15/h8-9,11-13,15,18H,4-7,10H2,1-3H3. The van der Waals surface area contributed by atoms with E-state index in [9.17, 15) is 0 Å². The summed E-state index contributed by atoms with van der Waals surface area (Å²) in [6, 6.07) is 2.53. The van der Waals surface area contributed by atoms with Crippen LogP contribution in [-0.4, -0.2) is 17.1 Å². The summed E-state index contributed by atoms with van der Waals surface area (Å²) in [4.78, 5) is 4.20. The zero-order valence-corrected chi connectivity index (χ0v) is 12.4. The molecule has 19 heavy (non-hydrogen) atoms. The highest BCUT2D eigenvalue weighted by Gasteiger charge is 2.20. The van der Waals surface area contributed by atoms with Gasteiger partial charge in [0.1, 0.15) is 5.75 Å². The van der Waals surface area contributed by atoms with Crippen LogP contribution >= 0.6 is 0 Å². The molecule has 0 aromatic carbocycles. The molecule has 0 aliphatic heterocycles. The lowest BCUT2D eigenvalue weighted by Gasteiger charge is -2.27. The van der Waals surface area contributed by atoms with Gasteiger partial charge in [-0.3, -0.25) is 4.98 Å². The second-order valence-corrected chi connectivity index (χ2v) is 6.02. The van der Waals surface area contributed by atoms with E-state index >= 15 is 0 Å². The molecular formula is C16H26N2O. The van der Waals surface area contributed by atoms with Crippen molar-refractivity contribution in [3.8, 4) is 5.75 Å². The topological polar surface area (TPSA) is 34.1 Å². The van der Waals surface area contributed by atoms with E-state index in [0.29, 0.717) is 12.1 Å². The molecule has 106 valence electrons. The molecule has 1 aliphatic rings. The predicted octanol–water partition coefficient (Wildman–Crippen LogP) is 3.54. The van der Waals surface area contributed by atoms with Gasteiger partial charge in [0.15, 0.2) is 0 Å². The van der Waals surface area contributed by atoms with E-state index in [1.54, 1.807) is 0 Å². The number of ether oxygens (including phenoxy) is 1. The van der Waals surface area contributed by atoms with Gasteiger partial charge in [-0.1, -0.05) is 20.8 Å². The molecule has 2 rings (SSSR count). The molecular weight excluding hydrogens is 236 g/mol. The first kappa shape index (κ1) is 14.3. The van der Waals surface area contributed by atoms with Crippen molar-refractivity contribution in [2.24, 2.45) is 5.92 Å². The summed E-state index contributed by atoms with van der Waals surface area (Å²) in [7, 11) is 0. The average molecular weight is 262 g/mol. The molecule has 0 spiro atoms. The number of hydrogen-bond donors (Lipinski definition) is 1. The lowest BCUT2D eigenvalue weighted by Crippen LogP contribution is -2.25. The highest BCUT2D eigenvalue weighted by Crippen LogP contribution is 2.28. The zero-order chi connectivity index (χ0) is 13.7. The van der Waals surface area contributed by atoms with E-state index in [0.717, 1.165) is 18.2 Å². The molecule has 1 aromatic rings. The van der Waals surface area contributed by atoms with E-state index in [4.69, 9.17) is 4.74 Å². The Morgan fingerprint density at radius 1 is 1.32 bits per heavy atom. The number of nitrogens with one attached hydrogen (secondary N) is 1. The third kappa shape index (κ3) is 4.50. The third-order valence-corrected chi connectivity index (χ3v) is 3.83. The highest BCUT2D eigenvalue weighted by molar-refractivity contribution is 5.30. The largest absolute Gasteiger partial charge is 0.488 e. The maximum absolute atomic E-state index is 6.16. The van der Waals surface area contributed by atoms with Crippen LogP contribution in [0.2, 0.25) is 0 Å². The van der Waals surface area contributed by atoms with E-state index in [1.807, 2.05) is 12.4 Å². The van der Waals surface area contributed by atoms with Gasteiger partial charge in [-0.25, -0.2) is 0 Å². The summed E-state index contributed by atoms with van der Waals surface area (Å²) in [5.74, 6) is 1.81. The fourth-order valence-electron chi connectivity index (χ4n) is 2.50. The maximum atomic E-state index is 6.16. The molecule has 1 aromatic heterocycles. The van der Waals surface area contributed by atoms with Crippen molar-refractivity contribution in [3.63, 3.8) is 0 Å². The molecule has 1 fully saturated rings. The quantitative estimate of drug-likeness (QED) is 0.881. The van der Waals surface area contributed by atoms with Gasteiger partial charge in [0.25, 0.3) is 0 Å². The van der Waals surface area contributed by atoms with Crippen LogP contribution in [0.5, 0.6) is 5.75 Å². The summed E-state index contributed by atoms with van der Waals surface area (Å²) >= 11 is 0. The Labute approximate surface area is 116 Å². The van der Waals surface area contributed by atoms with Gasteiger partial charge < -0.3 is 10.1 Å². The Bertz CT molecular complexity index is 384. The monoisotopic (exact) mass is 262 g/mol. The fraction of sp³-hybridized carbons (Fsp3) is 0.688. The van der Waals surface area contributed by atoms with Gasteiger partial charge in [0, 0.05) is 24.3 Å². The van der Waals surface area contributed by atoms with E-state index in [1.165, 1.54) is 31.2 Å². The van der Waals surface area contributed by atoms with Crippen LogP contribution in [0.3, 0.4) is 0 Å². The molecule has 3 nitrogen and oxygen atoms in total. The Balaban J connectivity index is 1.95. The van der Waals surface area contributed by atoms with E-state index in [-0.39, 0.29) is 0 Å². The van der Waals surface area contributed by atoms with Gasteiger partial charge in [0.05, 0.1) is 12.3 Å². The van der Waals surface area contributed by atoms with Gasteiger partial charge in [-0.15, -0.1) is 0 Å². The van der Waals surface area contributed by atoms with Crippen LogP contribution in [0.1, 0.15) is 52.0 Å². The van der Waals surface area contributed by atoms with E-state index < -0.39 is 0 Å². The van der Waals surface area contributed by atoms with Crippen molar-refractivity contribution in [1.82, 2.24) is 10.3 Å². The predicted molar refractivity (Wildman–Crippen MR) is 78.3 cm³/mol. The van der Waals surface area contributed by atoms with Crippen molar-refractivity contribution in [3.05, 3.63) is 24.0 Å². The van der Waals surface area contributed by atoms with Crippen LogP contribution in [-0.2, 0) is 6.54 Å². The first-order valence-corrected chi connectivity index (χ1v) is 7.48. The zero-order valence-electron chi connectivity index (χ0n) is 12.4. The van der Waals surface area contributed by atoms with Crippen LogP contribution in [0.4, 0.5) is 0 Å². The number of rotatable bonds is 5. The van der Waals surface area contributed by atoms with Crippen molar-refractivity contribution in [1.29, 1.82) is 0 Å². The van der Waals surface area contributed by atoms with Crippen LogP contribution < -0.4 is 10.1 Å². The van der Waals surface area contributed by atoms with Crippen LogP contribution in [0.25, 0.3) is 0 Å². The smallest absolute Gasteiger partial charge is 0.142 e. The summed E-state index contributed by atoms with van der Waals surface area (Å²) in [5, 5.41) is 3.44. The summed E-state index contributed by atoms with van der Waals surface area (Å²) in [5.41, 5.74) is 1.21. The molecule has 1 N–H and O–H groups in total. The van der Waals surface area contributed by atoms with Crippen LogP contribution in [0.15, 0.2) is 18.5 Å². The average Bonchev–Trinajstić information content (AvgIpc) is 2.40. The SMILES string of the molecule is CC1CCC(Oc2cnccc2CNC(C)C)CC1. The van der Waals surface area contributed by atoms with Gasteiger partial charge in [-0.2, -0.15) is 0 Å². The number of nitrogens with zero attached hydrogens (tertiary/aromatic N) is 1. The van der Waals surface area contributed by atoms with Crippen molar-refractivity contribution < 1.29 is 4.74 Å². The van der Waals surface area contributed by atoms with Gasteiger partial charge >= 0.3 is 0 Å². The Morgan fingerprint density at radius 3 is 2.74 bits per heavy atom. The first-order chi connectivity index (χ1) is 9.15. The molecule has 3 heteroatoms. The highest BCUT2D eigenvalue weighted by atomic mass is 16.5. The normalized spacial score (nSPS) is 23.6. The Morgan fingerprint density at radius 2 is 2.05 bits per heavy atom. The molecule has 1 saturated carbocycles. The number of pyridine rings is 1. The minimum atomic E-state index is 0.373. The summed E-state index contributed by atoms with van der Waals surface area (Å²) in [6.45, 7) is 7.49. The Kier molecular flexibility index (Phi) is 5.20. The minimum Gasteiger partial charge on any atom is -0.488 e. The molecule has 1 heterocycles. The molecule has 0 saturated heterocycles. The second-order valence-electron chi connectivity index (χ2n) is 6.02. The van der Waals surface area contributed by atoms with Crippen LogP contribution in [0, 0.1) is 5.92 Å². The molecule has 0 atom stereocenters. The second kappa shape index (κ2) is 6.90. The molecule has 0 unspecified atom stereocenters. The lowest BCUT2D eigenvalue weighted by atomic mass is 9.89. The van der Waals surface area contributed by atoms with Crippen molar-refractivity contribution >= 4 is 0 Å². The number of hydrogen-bond acceptors (Lipinski definition) is 3. The van der Waals surface area contributed by atoms with Gasteiger partial charge in [-0.05, 0) is 37.7 Å². The fourth-order valence-corrected chi connectivity index (χ4v) is 2.50. The lowest BCUT2D eigenvalue weighted by molar-refractivity contribution is 0.133. The maximum Gasteiger partial charge on any atom is 0.142 e. The molecule has 0 amide bonds. The van der Waals surface area contributed by atoms with Crippen molar-refractivity contribution in [2.75, 3.05) is 0 Å². The third-order valence-electron chi connectivity index (χ3n) is 3.83. The first-order valence-electron chi connectivity index (χ1n) is 7.48. The summed E-state index contributed by atoms with van der Waals surface area (Å²) in [6.07, 6.45) is 8.98. The molecule has 0 radical (unpaired) electrons. The number of aromatic nitrogens is 1. The Hall–Kier alpha value is -1.09. The summed E-state index contributed by atoms with van der Waals surface area (Å²) < 4.78 is 6.16. The van der Waals surface area contributed by atoms with E-state index in [2.05, 4.69) is 37.1 Å². The van der Waals surface area contributed by atoms with Crippen molar-refractivity contribution in [2.45, 2.75) is 65.1 Å². The molecule has 0 bridgehead atoms. The van der Waals surface area contributed by atoms with Gasteiger partial charge in [0.2, 0.25) is 0 Å².